The predicted molar refractivity (Wildman–Crippen MR) is 75.5 cm³/mol. The van der Waals surface area contributed by atoms with Gasteiger partial charge < -0.3 is 5.11 Å². The third kappa shape index (κ3) is 2.77. The van der Waals surface area contributed by atoms with Gasteiger partial charge in [0.25, 0.3) is 0 Å². The van der Waals surface area contributed by atoms with Crippen molar-refractivity contribution in [3.63, 3.8) is 0 Å². The monoisotopic (exact) mass is 293 g/mol. The van der Waals surface area contributed by atoms with Crippen LogP contribution in [-0.4, -0.2) is 25.8 Å². The lowest BCUT2D eigenvalue weighted by Gasteiger charge is -2.10. The smallest absolute Gasteiger partial charge is 0.344 e. The molecule has 20 heavy (non-hydrogen) atoms. The number of benzene rings is 1. The summed E-state index contributed by atoms with van der Waals surface area (Å²) in [5.41, 5.74) is 0.852. The first-order valence-electron chi connectivity index (χ1n) is 6.09. The molecule has 106 valence electrons. The van der Waals surface area contributed by atoms with E-state index in [9.17, 15) is 14.7 Å². The van der Waals surface area contributed by atoms with Crippen LogP contribution < -0.4 is 5.69 Å². The molecule has 0 radical (unpaired) electrons. The maximum Gasteiger partial charge on any atom is 0.344 e. The molecule has 0 saturated heterocycles. The van der Waals surface area contributed by atoms with Crippen LogP contribution in [-0.2, 0) is 0 Å². The number of carboxylic acid groups (broad SMARTS) is 1. The van der Waals surface area contributed by atoms with E-state index in [1.54, 1.807) is 18.2 Å². The Hall–Kier alpha value is -2.02. The van der Waals surface area contributed by atoms with E-state index in [0.717, 1.165) is 5.56 Å². The molecule has 0 spiro atoms. The van der Waals surface area contributed by atoms with Crippen molar-refractivity contribution in [2.75, 3.05) is 0 Å². The zero-order valence-electron chi connectivity index (χ0n) is 11.4. The third-order valence-corrected chi connectivity index (χ3v) is 3.79. The zero-order valence-corrected chi connectivity index (χ0v) is 12.2. The highest BCUT2D eigenvalue weighted by molar-refractivity contribution is 7.99. The normalized spacial score (nSPS) is 11.0. The quantitative estimate of drug-likeness (QED) is 0.903. The molecule has 0 bridgehead atoms. The molecule has 7 heteroatoms. The van der Waals surface area contributed by atoms with Crippen LogP contribution in [0.15, 0.2) is 33.0 Å². The maximum absolute atomic E-state index is 11.7. The van der Waals surface area contributed by atoms with Crippen molar-refractivity contribution < 1.29 is 9.90 Å². The number of hydrogen-bond acceptors (Lipinski definition) is 4. The number of H-pyrrole nitrogens is 1. The standard InChI is InChI=1S/C13H15N3O3S/c1-7(2)16-12(19)14-15-13(16)20-10-6-8(3)4-5-9(10)11(17)18/h4-7H,1-3H3,(H,14,19)(H,17,18). The number of rotatable bonds is 4. The van der Waals surface area contributed by atoms with Crippen LogP contribution >= 0.6 is 11.8 Å². The van der Waals surface area contributed by atoms with Gasteiger partial charge in [0, 0.05) is 10.9 Å². The van der Waals surface area contributed by atoms with Crippen LogP contribution in [0.4, 0.5) is 0 Å². The maximum atomic E-state index is 11.7. The number of nitrogens with one attached hydrogen (secondary N) is 1. The first-order chi connectivity index (χ1) is 9.40. The Balaban J connectivity index is 2.47. The largest absolute Gasteiger partial charge is 0.478 e. The fourth-order valence-electron chi connectivity index (χ4n) is 1.81. The van der Waals surface area contributed by atoms with Crippen LogP contribution in [0.2, 0.25) is 0 Å². The Bertz CT molecular complexity index is 703. The Labute approximate surface area is 119 Å². The first-order valence-corrected chi connectivity index (χ1v) is 6.90. The van der Waals surface area contributed by atoms with Crippen molar-refractivity contribution in [2.24, 2.45) is 0 Å². The van der Waals surface area contributed by atoms with Crippen LogP contribution in [0.1, 0.15) is 35.8 Å². The topological polar surface area (TPSA) is 88.0 Å². The minimum Gasteiger partial charge on any atom is -0.478 e. The summed E-state index contributed by atoms with van der Waals surface area (Å²) in [4.78, 5) is 23.5. The molecule has 2 N–H and O–H groups in total. The molecule has 0 saturated carbocycles. The van der Waals surface area contributed by atoms with Gasteiger partial charge in [-0.3, -0.25) is 4.57 Å². The van der Waals surface area contributed by atoms with E-state index < -0.39 is 5.97 Å². The lowest BCUT2D eigenvalue weighted by molar-refractivity contribution is 0.0693. The first kappa shape index (κ1) is 14.4. The number of aromatic carboxylic acids is 1. The average Bonchev–Trinajstić information content (AvgIpc) is 2.70. The van der Waals surface area contributed by atoms with Gasteiger partial charge in [0.05, 0.1) is 5.56 Å². The Morgan fingerprint density at radius 3 is 2.75 bits per heavy atom. The van der Waals surface area contributed by atoms with Gasteiger partial charge in [0.15, 0.2) is 5.16 Å². The molecule has 0 unspecified atom stereocenters. The van der Waals surface area contributed by atoms with E-state index in [-0.39, 0.29) is 17.3 Å². The summed E-state index contributed by atoms with van der Waals surface area (Å²) in [7, 11) is 0. The van der Waals surface area contributed by atoms with Crippen LogP contribution in [0.25, 0.3) is 0 Å². The van der Waals surface area contributed by atoms with Crippen LogP contribution in [0.5, 0.6) is 0 Å². The highest BCUT2D eigenvalue weighted by Gasteiger charge is 2.17. The molecular weight excluding hydrogens is 278 g/mol. The molecule has 2 aromatic rings. The second-order valence-electron chi connectivity index (χ2n) is 4.68. The Morgan fingerprint density at radius 1 is 1.45 bits per heavy atom. The summed E-state index contributed by atoms with van der Waals surface area (Å²) in [6.45, 7) is 5.63. The second kappa shape index (κ2) is 5.54. The molecule has 0 aliphatic rings. The van der Waals surface area contributed by atoms with Crippen LogP contribution in [0.3, 0.4) is 0 Å². The lowest BCUT2D eigenvalue weighted by atomic mass is 10.1. The highest BCUT2D eigenvalue weighted by atomic mass is 32.2. The molecule has 0 atom stereocenters. The molecule has 0 aliphatic heterocycles. The summed E-state index contributed by atoms with van der Waals surface area (Å²) >= 11 is 1.17. The van der Waals surface area contributed by atoms with Gasteiger partial charge in [-0.25, -0.2) is 14.7 Å². The fraction of sp³-hybridized carbons (Fsp3) is 0.308. The number of hydrogen-bond donors (Lipinski definition) is 2. The summed E-state index contributed by atoms with van der Waals surface area (Å²) in [6, 6.07) is 5.03. The van der Waals surface area contributed by atoms with Crippen molar-refractivity contribution in [1.29, 1.82) is 0 Å². The number of nitrogens with zero attached hydrogens (tertiary/aromatic N) is 2. The summed E-state index contributed by atoms with van der Waals surface area (Å²) in [5.74, 6) is -0.999. The van der Waals surface area contributed by atoms with E-state index in [1.807, 2.05) is 20.8 Å². The fourth-order valence-corrected chi connectivity index (χ4v) is 3.00. The number of aromatic nitrogens is 3. The highest BCUT2D eigenvalue weighted by Crippen LogP contribution is 2.30. The van der Waals surface area contributed by atoms with Crippen molar-refractivity contribution in [3.05, 3.63) is 39.8 Å². The predicted octanol–water partition coefficient (Wildman–Crippen LogP) is 2.31. The molecule has 0 aliphatic carbocycles. The summed E-state index contributed by atoms with van der Waals surface area (Å²) < 4.78 is 1.50. The molecule has 1 aromatic carbocycles. The summed E-state index contributed by atoms with van der Waals surface area (Å²) in [5, 5.41) is 16.0. The Kier molecular flexibility index (Phi) is 3.99. The molecule has 2 rings (SSSR count). The average molecular weight is 293 g/mol. The molecule has 0 amide bonds. The van der Waals surface area contributed by atoms with E-state index in [4.69, 9.17) is 0 Å². The minimum absolute atomic E-state index is 0.0539. The van der Waals surface area contributed by atoms with Crippen molar-refractivity contribution >= 4 is 17.7 Å². The molecule has 1 aromatic heterocycles. The lowest BCUT2D eigenvalue weighted by Crippen LogP contribution is -2.19. The minimum atomic E-state index is -0.999. The number of carboxylic acids is 1. The number of carbonyl (C=O) groups is 1. The van der Waals surface area contributed by atoms with Crippen molar-refractivity contribution in [1.82, 2.24) is 14.8 Å². The van der Waals surface area contributed by atoms with Gasteiger partial charge in [0.1, 0.15) is 0 Å². The second-order valence-corrected chi connectivity index (χ2v) is 5.69. The third-order valence-electron chi connectivity index (χ3n) is 2.76. The molecule has 6 nitrogen and oxygen atoms in total. The molecular formula is C13H15N3O3S. The number of aryl methyl sites for hydroxylation is 1. The van der Waals surface area contributed by atoms with Crippen molar-refractivity contribution in [3.8, 4) is 0 Å². The SMILES string of the molecule is Cc1ccc(C(=O)O)c(Sc2n[nH]c(=O)n2C(C)C)c1. The summed E-state index contributed by atoms with van der Waals surface area (Å²) in [6.07, 6.45) is 0. The van der Waals surface area contributed by atoms with E-state index in [0.29, 0.717) is 10.1 Å². The zero-order chi connectivity index (χ0) is 14.9. The Morgan fingerprint density at radius 2 is 2.15 bits per heavy atom. The van der Waals surface area contributed by atoms with E-state index in [1.165, 1.54) is 16.3 Å². The van der Waals surface area contributed by atoms with Crippen molar-refractivity contribution in [2.45, 2.75) is 36.9 Å². The van der Waals surface area contributed by atoms with Crippen LogP contribution in [0, 0.1) is 6.92 Å². The van der Waals surface area contributed by atoms with E-state index >= 15 is 0 Å². The van der Waals surface area contributed by atoms with Gasteiger partial charge >= 0.3 is 11.7 Å². The molecule has 1 heterocycles. The molecule has 0 fully saturated rings. The van der Waals surface area contributed by atoms with Gasteiger partial charge in [-0.2, -0.15) is 0 Å². The van der Waals surface area contributed by atoms with Gasteiger partial charge in [-0.15, -0.1) is 5.10 Å². The van der Waals surface area contributed by atoms with Gasteiger partial charge in [0.2, 0.25) is 0 Å². The number of aromatic amines is 1. The van der Waals surface area contributed by atoms with Gasteiger partial charge in [-0.1, -0.05) is 6.07 Å². The van der Waals surface area contributed by atoms with Gasteiger partial charge in [-0.05, 0) is 50.2 Å². The van der Waals surface area contributed by atoms with E-state index in [2.05, 4.69) is 10.2 Å².